The van der Waals surface area contributed by atoms with E-state index in [-0.39, 0.29) is 5.69 Å². The fraction of sp³-hybridized carbons (Fsp3) is 0.176. The van der Waals surface area contributed by atoms with Gasteiger partial charge in [-0.15, -0.1) is 0 Å². The van der Waals surface area contributed by atoms with Gasteiger partial charge in [0.1, 0.15) is 11.5 Å². The van der Waals surface area contributed by atoms with Crippen molar-refractivity contribution in [3.63, 3.8) is 0 Å². The van der Waals surface area contributed by atoms with Gasteiger partial charge in [-0.1, -0.05) is 17.7 Å². The van der Waals surface area contributed by atoms with Crippen LogP contribution in [0.4, 0.5) is 11.4 Å². The molecule has 0 unspecified atom stereocenters. The second-order valence-corrected chi connectivity index (χ2v) is 6.34. The number of benzene rings is 2. The van der Waals surface area contributed by atoms with Gasteiger partial charge in [-0.3, -0.25) is 9.59 Å². The van der Waals surface area contributed by atoms with E-state index in [1.54, 1.807) is 6.07 Å². The Hall–Kier alpha value is -2.25. The SMILES string of the molecule is COc1cc(NC(=O)C(=O)Nc2ccc(C)cc2Br)c(OC)cc1Cl. The van der Waals surface area contributed by atoms with Crippen molar-refractivity contribution in [1.29, 1.82) is 0 Å². The molecular weight excluding hydrogens is 412 g/mol. The van der Waals surface area contributed by atoms with Crippen molar-refractivity contribution in [3.05, 3.63) is 45.4 Å². The Morgan fingerprint density at radius 3 is 2.12 bits per heavy atom. The summed E-state index contributed by atoms with van der Waals surface area (Å²) < 4.78 is 10.9. The molecule has 2 aromatic carbocycles. The normalized spacial score (nSPS) is 10.1. The number of nitrogens with one attached hydrogen (secondary N) is 2. The molecule has 2 N–H and O–H groups in total. The van der Waals surface area contributed by atoms with Gasteiger partial charge in [0.25, 0.3) is 0 Å². The molecule has 0 fully saturated rings. The molecule has 0 aliphatic rings. The van der Waals surface area contributed by atoms with E-state index in [4.69, 9.17) is 21.1 Å². The lowest BCUT2D eigenvalue weighted by Crippen LogP contribution is -2.29. The van der Waals surface area contributed by atoms with E-state index in [2.05, 4.69) is 26.6 Å². The van der Waals surface area contributed by atoms with E-state index in [1.807, 2.05) is 19.1 Å². The molecule has 0 saturated heterocycles. The number of rotatable bonds is 4. The Kier molecular flexibility index (Phi) is 6.27. The maximum absolute atomic E-state index is 12.2. The smallest absolute Gasteiger partial charge is 0.314 e. The second-order valence-electron chi connectivity index (χ2n) is 5.08. The molecule has 132 valence electrons. The third-order valence-electron chi connectivity index (χ3n) is 3.30. The van der Waals surface area contributed by atoms with Crippen LogP contribution in [0.1, 0.15) is 5.56 Å². The Morgan fingerprint density at radius 2 is 1.56 bits per heavy atom. The van der Waals surface area contributed by atoms with Gasteiger partial charge in [0.2, 0.25) is 0 Å². The van der Waals surface area contributed by atoms with Crippen LogP contribution in [0, 0.1) is 6.92 Å². The lowest BCUT2D eigenvalue weighted by atomic mass is 10.2. The summed E-state index contributed by atoms with van der Waals surface area (Å²) in [5, 5.41) is 5.35. The van der Waals surface area contributed by atoms with Crippen molar-refractivity contribution in [2.75, 3.05) is 24.9 Å². The molecule has 0 atom stereocenters. The highest BCUT2D eigenvalue weighted by molar-refractivity contribution is 9.10. The summed E-state index contributed by atoms with van der Waals surface area (Å²) in [5.74, 6) is -1.02. The molecule has 0 heterocycles. The first-order valence-electron chi connectivity index (χ1n) is 7.15. The standard InChI is InChI=1S/C17H16BrClN2O4/c1-9-4-5-12(10(18)6-9)20-16(22)17(23)21-13-8-14(24-2)11(19)7-15(13)25-3/h4-8H,1-3H3,(H,20,22)(H,21,23). The molecule has 2 aromatic rings. The number of halogens is 2. The van der Waals surface area contributed by atoms with E-state index in [0.29, 0.717) is 26.7 Å². The highest BCUT2D eigenvalue weighted by Gasteiger charge is 2.18. The number of ether oxygens (including phenoxy) is 2. The van der Waals surface area contributed by atoms with Gasteiger partial charge in [-0.05, 0) is 40.5 Å². The lowest BCUT2D eigenvalue weighted by molar-refractivity contribution is -0.133. The lowest BCUT2D eigenvalue weighted by Gasteiger charge is -2.13. The number of amides is 2. The van der Waals surface area contributed by atoms with Gasteiger partial charge in [-0.2, -0.15) is 0 Å². The van der Waals surface area contributed by atoms with Crippen LogP contribution in [-0.2, 0) is 9.59 Å². The van der Waals surface area contributed by atoms with Crippen LogP contribution in [0.15, 0.2) is 34.8 Å². The minimum absolute atomic E-state index is 0.270. The van der Waals surface area contributed by atoms with Crippen molar-refractivity contribution in [2.45, 2.75) is 6.92 Å². The van der Waals surface area contributed by atoms with Crippen LogP contribution >= 0.6 is 27.5 Å². The van der Waals surface area contributed by atoms with Gasteiger partial charge in [0, 0.05) is 16.6 Å². The molecule has 0 saturated carbocycles. The molecule has 0 aliphatic carbocycles. The van der Waals surface area contributed by atoms with E-state index >= 15 is 0 Å². The maximum atomic E-state index is 12.2. The Labute approximate surface area is 158 Å². The quantitative estimate of drug-likeness (QED) is 0.723. The molecule has 25 heavy (non-hydrogen) atoms. The summed E-state index contributed by atoms with van der Waals surface area (Å²) in [6.45, 7) is 1.92. The number of anilines is 2. The predicted molar refractivity (Wildman–Crippen MR) is 101 cm³/mol. The van der Waals surface area contributed by atoms with Crippen LogP contribution in [0.3, 0.4) is 0 Å². The average molecular weight is 428 g/mol. The zero-order valence-corrected chi connectivity index (χ0v) is 16.1. The Bertz CT molecular complexity index is 827. The molecule has 0 spiro atoms. The number of carbonyl (C=O) groups excluding carboxylic acids is 2. The van der Waals surface area contributed by atoms with E-state index in [0.717, 1.165) is 5.56 Å². The Balaban J connectivity index is 2.17. The Morgan fingerprint density at radius 1 is 0.960 bits per heavy atom. The van der Waals surface area contributed by atoms with Gasteiger partial charge < -0.3 is 20.1 Å². The van der Waals surface area contributed by atoms with Gasteiger partial charge in [-0.25, -0.2) is 0 Å². The highest BCUT2D eigenvalue weighted by atomic mass is 79.9. The van der Waals surface area contributed by atoms with E-state index in [9.17, 15) is 9.59 Å². The first-order valence-corrected chi connectivity index (χ1v) is 8.32. The molecule has 8 heteroatoms. The zero-order chi connectivity index (χ0) is 18.6. The molecule has 0 aromatic heterocycles. The fourth-order valence-corrected chi connectivity index (χ4v) is 2.86. The van der Waals surface area contributed by atoms with E-state index < -0.39 is 11.8 Å². The summed E-state index contributed by atoms with van der Waals surface area (Å²) in [7, 11) is 2.87. The summed E-state index contributed by atoms with van der Waals surface area (Å²) in [4.78, 5) is 24.3. The minimum atomic E-state index is -0.852. The zero-order valence-electron chi connectivity index (χ0n) is 13.8. The van der Waals surface area contributed by atoms with Crippen LogP contribution in [0.5, 0.6) is 11.5 Å². The minimum Gasteiger partial charge on any atom is -0.495 e. The van der Waals surface area contributed by atoms with Gasteiger partial charge in [0.15, 0.2) is 0 Å². The summed E-state index contributed by atoms with van der Waals surface area (Å²) in [5.41, 5.74) is 1.78. The van der Waals surface area contributed by atoms with Gasteiger partial charge in [0.05, 0.1) is 30.6 Å². The second kappa shape index (κ2) is 8.22. The molecule has 6 nitrogen and oxygen atoms in total. The first-order chi connectivity index (χ1) is 11.8. The molecular formula is C17H16BrClN2O4. The topological polar surface area (TPSA) is 76.7 Å². The third-order valence-corrected chi connectivity index (χ3v) is 4.25. The van der Waals surface area contributed by atoms with Crippen molar-refractivity contribution < 1.29 is 19.1 Å². The maximum Gasteiger partial charge on any atom is 0.314 e. The summed E-state index contributed by atoms with van der Waals surface area (Å²) in [6.07, 6.45) is 0. The number of hydrogen-bond donors (Lipinski definition) is 2. The van der Waals surface area contributed by atoms with Gasteiger partial charge >= 0.3 is 11.8 Å². The van der Waals surface area contributed by atoms with Crippen LogP contribution < -0.4 is 20.1 Å². The monoisotopic (exact) mass is 426 g/mol. The molecule has 2 amide bonds. The van der Waals surface area contributed by atoms with Crippen molar-refractivity contribution >= 4 is 50.7 Å². The number of aryl methyl sites for hydroxylation is 1. The average Bonchev–Trinajstić information content (AvgIpc) is 2.58. The van der Waals surface area contributed by atoms with Crippen molar-refractivity contribution in [1.82, 2.24) is 0 Å². The first kappa shape index (κ1) is 19.1. The summed E-state index contributed by atoms with van der Waals surface area (Å²) in [6, 6.07) is 8.33. The molecule has 0 radical (unpaired) electrons. The number of carbonyl (C=O) groups is 2. The van der Waals surface area contributed by atoms with E-state index in [1.165, 1.54) is 26.4 Å². The van der Waals surface area contributed by atoms with Crippen LogP contribution in [0.25, 0.3) is 0 Å². The van der Waals surface area contributed by atoms with Crippen molar-refractivity contribution in [3.8, 4) is 11.5 Å². The third kappa shape index (κ3) is 4.64. The van der Waals surface area contributed by atoms with Crippen LogP contribution in [0.2, 0.25) is 5.02 Å². The predicted octanol–water partition coefficient (Wildman–Crippen LogP) is 4.01. The largest absolute Gasteiger partial charge is 0.495 e. The highest BCUT2D eigenvalue weighted by Crippen LogP contribution is 2.35. The molecule has 2 rings (SSSR count). The fourth-order valence-electron chi connectivity index (χ4n) is 2.04. The summed E-state index contributed by atoms with van der Waals surface area (Å²) >= 11 is 9.36. The molecule has 0 bridgehead atoms. The molecule has 0 aliphatic heterocycles. The number of hydrogen-bond acceptors (Lipinski definition) is 4. The van der Waals surface area contributed by atoms with Crippen LogP contribution in [-0.4, -0.2) is 26.0 Å². The number of methoxy groups -OCH3 is 2. The van der Waals surface area contributed by atoms with Crippen molar-refractivity contribution in [2.24, 2.45) is 0 Å².